The molecule has 0 radical (unpaired) electrons. The fraction of sp³-hybridized carbons (Fsp3) is 0.286. The molecule has 1 aliphatic rings. The Balaban J connectivity index is 2.08. The van der Waals surface area contributed by atoms with Gasteiger partial charge in [-0.25, -0.2) is 4.98 Å². The number of imidazole rings is 1. The molecule has 1 aromatic heterocycles. The summed E-state index contributed by atoms with van der Waals surface area (Å²) < 4.78 is 2.11. The number of hydrogen-bond acceptors (Lipinski definition) is 2. The van der Waals surface area contributed by atoms with E-state index in [4.69, 9.17) is 0 Å². The van der Waals surface area contributed by atoms with E-state index >= 15 is 0 Å². The van der Waals surface area contributed by atoms with Crippen LogP contribution in [0.5, 0.6) is 0 Å². The first kappa shape index (κ1) is 10.3. The Hall–Kier alpha value is -1.90. The van der Waals surface area contributed by atoms with Gasteiger partial charge in [-0.2, -0.15) is 0 Å². The molecule has 1 aliphatic heterocycles. The van der Waals surface area contributed by atoms with Crippen LogP contribution in [0, 0.1) is 0 Å². The zero-order chi connectivity index (χ0) is 11.8. The van der Waals surface area contributed by atoms with E-state index in [1.54, 1.807) is 0 Å². The zero-order valence-corrected chi connectivity index (χ0v) is 9.76. The molecule has 0 saturated carbocycles. The van der Waals surface area contributed by atoms with Gasteiger partial charge < -0.3 is 4.57 Å². The zero-order valence-electron chi connectivity index (χ0n) is 9.76. The number of rotatable bonds is 3. The molecule has 2 heterocycles. The molecule has 1 unspecified atom stereocenters. The summed E-state index contributed by atoms with van der Waals surface area (Å²) in [4.78, 5) is 15.9. The molecule has 0 spiro atoms. The van der Waals surface area contributed by atoms with Crippen LogP contribution in [0.3, 0.4) is 0 Å². The second kappa shape index (κ2) is 3.84. The van der Waals surface area contributed by atoms with Gasteiger partial charge >= 0.3 is 0 Å². The largest absolute Gasteiger partial charge is 0.323 e. The summed E-state index contributed by atoms with van der Waals surface area (Å²) in [5, 5.41) is 0. The second-order valence-corrected chi connectivity index (χ2v) is 4.39. The number of Topliss-reactive ketones (excluding diaryl/α,β-unsaturated/α-hetero) is 1. The van der Waals surface area contributed by atoms with Crippen molar-refractivity contribution in [3.63, 3.8) is 0 Å². The van der Waals surface area contributed by atoms with Crippen molar-refractivity contribution in [2.75, 3.05) is 0 Å². The number of aromatic nitrogens is 2. The summed E-state index contributed by atoms with van der Waals surface area (Å²) in [7, 11) is 0. The lowest BCUT2D eigenvalue weighted by molar-refractivity contribution is -0.119. The van der Waals surface area contributed by atoms with E-state index < -0.39 is 0 Å². The third-order valence-electron chi connectivity index (χ3n) is 3.41. The lowest BCUT2D eigenvalue weighted by Crippen LogP contribution is -2.10. The fourth-order valence-electron chi connectivity index (χ4n) is 2.50. The molecule has 0 amide bonds. The molecule has 0 bridgehead atoms. The highest BCUT2D eigenvalue weighted by Crippen LogP contribution is 2.40. The molecule has 0 saturated heterocycles. The molecule has 0 N–H and O–H groups in total. The minimum absolute atomic E-state index is 0.135. The topological polar surface area (TPSA) is 34.9 Å². The van der Waals surface area contributed by atoms with Gasteiger partial charge in [0, 0.05) is 18.4 Å². The highest BCUT2D eigenvalue weighted by molar-refractivity contribution is 5.80. The number of fused-ring (bicyclic) bond motifs is 3. The summed E-state index contributed by atoms with van der Waals surface area (Å²) in [5.41, 5.74) is 3.57. The normalized spacial score (nSPS) is 16.6. The van der Waals surface area contributed by atoms with Crippen LogP contribution in [0.4, 0.5) is 0 Å². The van der Waals surface area contributed by atoms with Crippen LogP contribution in [-0.4, -0.2) is 15.3 Å². The Morgan fingerprint density at radius 1 is 1.41 bits per heavy atom. The fourth-order valence-corrected chi connectivity index (χ4v) is 2.50. The molecule has 3 nitrogen and oxygen atoms in total. The summed E-state index contributed by atoms with van der Waals surface area (Å²) in [5.74, 6) is 0.298. The monoisotopic (exact) mass is 226 g/mol. The van der Waals surface area contributed by atoms with Crippen LogP contribution < -0.4 is 0 Å². The highest BCUT2D eigenvalue weighted by Gasteiger charge is 2.28. The number of carbonyl (C=O) groups excluding carboxylic acids is 1. The first-order chi connectivity index (χ1) is 8.31. The maximum atomic E-state index is 11.7. The van der Waals surface area contributed by atoms with E-state index in [0.29, 0.717) is 18.6 Å². The molecule has 17 heavy (non-hydrogen) atoms. The van der Waals surface area contributed by atoms with Gasteiger partial charge in [-0.05, 0) is 5.56 Å². The maximum Gasteiger partial charge on any atom is 0.135 e. The smallest absolute Gasteiger partial charge is 0.135 e. The van der Waals surface area contributed by atoms with Gasteiger partial charge in [-0.1, -0.05) is 31.2 Å². The van der Waals surface area contributed by atoms with E-state index in [-0.39, 0.29) is 6.04 Å². The Morgan fingerprint density at radius 2 is 2.24 bits per heavy atom. The van der Waals surface area contributed by atoms with Crippen molar-refractivity contribution >= 4 is 5.78 Å². The number of hydrogen-bond donors (Lipinski definition) is 0. The Morgan fingerprint density at radius 3 is 3.06 bits per heavy atom. The van der Waals surface area contributed by atoms with E-state index in [0.717, 1.165) is 5.69 Å². The lowest BCUT2D eigenvalue weighted by atomic mass is 9.99. The van der Waals surface area contributed by atoms with Crippen LogP contribution in [0.1, 0.15) is 31.4 Å². The Bertz CT molecular complexity index is 571. The van der Waals surface area contributed by atoms with E-state index in [9.17, 15) is 4.79 Å². The molecule has 0 fully saturated rings. The van der Waals surface area contributed by atoms with Crippen LogP contribution in [0.2, 0.25) is 0 Å². The average Bonchev–Trinajstić information content (AvgIpc) is 2.93. The van der Waals surface area contributed by atoms with Crippen molar-refractivity contribution in [3.8, 4) is 11.3 Å². The third kappa shape index (κ3) is 1.50. The number of ketones is 1. The van der Waals surface area contributed by atoms with Crippen LogP contribution in [-0.2, 0) is 4.79 Å². The first-order valence-electron chi connectivity index (χ1n) is 5.94. The SMILES string of the molecule is CCC(=O)CC1c2ccccc2-c2cncn21. The highest BCUT2D eigenvalue weighted by atomic mass is 16.1. The molecule has 2 aromatic rings. The molecule has 1 aromatic carbocycles. The van der Waals surface area contributed by atoms with Crippen molar-refractivity contribution in [3.05, 3.63) is 42.4 Å². The van der Waals surface area contributed by atoms with E-state index in [2.05, 4.69) is 21.7 Å². The van der Waals surface area contributed by atoms with Crippen molar-refractivity contribution in [1.82, 2.24) is 9.55 Å². The number of nitrogens with zero attached hydrogens (tertiary/aromatic N) is 2. The summed E-state index contributed by atoms with van der Waals surface area (Å²) >= 11 is 0. The average molecular weight is 226 g/mol. The van der Waals surface area contributed by atoms with Gasteiger partial charge in [0.25, 0.3) is 0 Å². The summed E-state index contributed by atoms with van der Waals surface area (Å²) in [6.45, 7) is 1.91. The molecule has 3 heteroatoms. The minimum atomic E-state index is 0.135. The van der Waals surface area contributed by atoms with Crippen molar-refractivity contribution < 1.29 is 4.79 Å². The van der Waals surface area contributed by atoms with Crippen molar-refractivity contribution in [2.45, 2.75) is 25.8 Å². The lowest BCUT2D eigenvalue weighted by Gasteiger charge is -2.13. The minimum Gasteiger partial charge on any atom is -0.323 e. The van der Waals surface area contributed by atoms with Crippen molar-refractivity contribution in [2.24, 2.45) is 0 Å². The molecular formula is C14H14N2O. The Labute approximate surface area is 100 Å². The van der Waals surface area contributed by atoms with Gasteiger partial charge in [0.1, 0.15) is 5.78 Å². The molecule has 1 atom stereocenters. The van der Waals surface area contributed by atoms with Crippen LogP contribution >= 0.6 is 0 Å². The van der Waals surface area contributed by atoms with Gasteiger partial charge in [0.2, 0.25) is 0 Å². The van der Waals surface area contributed by atoms with Crippen molar-refractivity contribution in [1.29, 1.82) is 0 Å². The van der Waals surface area contributed by atoms with Gasteiger partial charge in [0.15, 0.2) is 0 Å². The quantitative estimate of drug-likeness (QED) is 0.806. The predicted molar refractivity (Wildman–Crippen MR) is 65.7 cm³/mol. The third-order valence-corrected chi connectivity index (χ3v) is 3.41. The predicted octanol–water partition coefficient (Wildman–Crippen LogP) is 2.82. The molecule has 86 valence electrons. The van der Waals surface area contributed by atoms with Crippen LogP contribution in [0.15, 0.2) is 36.8 Å². The summed E-state index contributed by atoms with van der Waals surface area (Å²) in [6.07, 6.45) is 4.86. The maximum absolute atomic E-state index is 11.7. The van der Waals surface area contributed by atoms with Crippen LogP contribution in [0.25, 0.3) is 11.3 Å². The van der Waals surface area contributed by atoms with E-state index in [1.165, 1.54) is 11.1 Å². The standard InChI is InChI=1S/C14H14N2O/c1-2-10(17)7-13-11-5-3-4-6-12(11)14-8-15-9-16(13)14/h3-6,8-9,13H,2,7H2,1H3. The Kier molecular flexibility index (Phi) is 2.32. The van der Waals surface area contributed by atoms with Gasteiger partial charge in [-0.15, -0.1) is 0 Å². The van der Waals surface area contributed by atoms with Gasteiger partial charge in [0.05, 0.1) is 24.3 Å². The van der Waals surface area contributed by atoms with E-state index in [1.807, 2.05) is 31.6 Å². The van der Waals surface area contributed by atoms with Gasteiger partial charge in [-0.3, -0.25) is 4.79 Å². The molecule has 3 rings (SSSR count). The second-order valence-electron chi connectivity index (χ2n) is 4.39. The first-order valence-corrected chi connectivity index (χ1v) is 5.94. The molecule has 0 aliphatic carbocycles. The number of benzene rings is 1. The number of carbonyl (C=O) groups is 1. The summed E-state index contributed by atoms with van der Waals surface area (Å²) in [6, 6.07) is 8.40. The molecular weight excluding hydrogens is 212 g/mol.